The number of nitrogens with zero attached hydrogens (tertiary/aromatic N) is 3. The van der Waals surface area contributed by atoms with Crippen molar-refractivity contribution in [2.45, 2.75) is 37.8 Å². The van der Waals surface area contributed by atoms with E-state index in [1.807, 2.05) is 42.5 Å². The van der Waals surface area contributed by atoms with E-state index < -0.39 is 0 Å². The summed E-state index contributed by atoms with van der Waals surface area (Å²) in [5.41, 5.74) is 5.63. The topological polar surface area (TPSA) is 85.6 Å². The Balaban J connectivity index is 1.45. The molecule has 0 fully saturated rings. The van der Waals surface area contributed by atoms with Crippen LogP contribution in [0.15, 0.2) is 63.6 Å². The van der Waals surface area contributed by atoms with Crippen molar-refractivity contribution in [2.24, 2.45) is 5.10 Å². The van der Waals surface area contributed by atoms with Gasteiger partial charge in [-0.2, -0.15) is 5.10 Å². The number of ether oxygens (including phenoxy) is 1. The minimum atomic E-state index is -0.308. The molecule has 0 spiro atoms. The van der Waals surface area contributed by atoms with Gasteiger partial charge in [0.05, 0.1) is 29.6 Å². The second kappa shape index (κ2) is 11.1. The molecular weight excluding hydrogens is 528 g/mol. The van der Waals surface area contributed by atoms with Crippen LogP contribution in [0.4, 0.5) is 0 Å². The largest absolute Gasteiger partial charge is 0.497 e. The molecule has 0 atom stereocenters. The van der Waals surface area contributed by atoms with E-state index in [1.54, 1.807) is 36.0 Å². The van der Waals surface area contributed by atoms with Crippen molar-refractivity contribution in [1.82, 2.24) is 15.0 Å². The average molecular weight is 553 g/mol. The zero-order chi connectivity index (χ0) is 25.9. The van der Waals surface area contributed by atoms with E-state index in [2.05, 4.69) is 10.5 Å². The van der Waals surface area contributed by atoms with Crippen LogP contribution in [0.2, 0.25) is 5.02 Å². The van der Waals surface area contributed by atoms with E-state index in [0.29, 0.717) is 32.7 Å². The van der Waals surface area contributed by atoms with E-state index in [1.165, 1.54) is 16.6 Å². The fraction of sp³-hybridized carbons (Fsp3) is 0.259. The van der Waals surface area contributed by atoms with E-state index in [4.69, 9.17) is 21.3 Å². The predicted octanol–water partition coefficient (Wildman–Crippen LogP) is 5.62. The first-order valence-corrected chi connectivity index (χ1v) is 14.1. The number of methoxy groups -OCH3 is 1. The zero-order valence-electron chi connectivity index (χ0n) is 20.4. The first-order valence-electron chi connectivity index (χ1n) is 11.9. The molecule has 2 aromatic heterocycles. The predicted molar refractivity (Wildman–Crippen MR) is 151 cm³/mol. The Bertz CT molecular complexity index is 1560. The quantitative estimate of drug-likeness (QED) is 0.139. The lowest BCUT2D eigenvalue weighted by atomic mass is 9.97. The number of thioether (sulfide) groups is 1. The number of carbonyl (C=O) groups excluding carboxylic acids is 1. The lowest BCUT2D eigenvalue weighted by Gasteiger charge is -2.14. The highest BCUT2D eigenvalue weighted by molar-refractivity contribution is 7.99. The van der Waals surface area contributed by atoms with Gasteiger partial charge in [-0.1, -0.05) is 41.6 Å². The van der Waals surface area contributed by atoms with Crippen molar-refractivity contribution in [1.29, 1.82) is 0 Å². The normalized spacial score (nSPS) is 13.4. The summed E-state index contributed by atoms with van der Waals surface area (Å²) in [6, 6.07) is 14.6. The summed E-state index contributed by atoms with van der Waals surface area (Å²) in [6.07, 6.45) is 4.08. The van der Waals surface area contributed by atoms with Crippen molar-refractivity contribution in [3.8, 4) is 11.4 Å². The summed E-state index contributed by atoms with van der Waals surface area (Å²) in [5, 5.41) is 5.92. The summed E-state index contributed by atoms with van der Waals surface area (Å²) >= 11 is 9.02. The second-order valence-electron chi connectivity index (χ2n) is 8.62. The Morgan fingerprint density at radius 3 is 2.70 bits per heavy atom. The Hall–Kier alpha value is -3.14. The number of amides is 1. The molecule has 0 aliphatic heterocycles. The lowest BCUT2D eigenvalue weighted by Crippen LogP contribution is -2.24. The molecule has 2 heterocycles. The molecule has 1 N–H and O–H groups in total. The number of thiophene rings is 1. The standard InChI is InChI=1S/C27H25ClN4O3S2/c1-16(19-7-3-5-9-21(19)28)30-31-23(33)15-36-27-29-25-24(20-8-4-6-10-22(20)37-25)26(34)32(27)17-11-13-18(35-2)14-12-17/h3,5,7,9,11-14H,4,6,8,10,15H2,1-2H3,(H,31,33). The van der Waals surface area contributed by atoms with Crippen LogP contribution in [0.3, 0.4) is 0 Å². The van der Waals surface area contributed by atoms with Crippen molar-refractivity contribution in [3.63, 3.8) is 0 Å². The summed E-state index contributed by atoms with van der Waals surface area (Å²) in [4.78, 5) is 33.4. The third-order valence-electron chi connectivity index (χ3n) is 6.23. The highest BCUT2D eigenvalue weighted by Crippen LogP contribution is 2.35. The van der Waals surface area contributed by atoms with E-state index in [-0.39, 0.29) is 17.2 Å². The van der Waals surface area contributed by atoms with Crippen LogP contribution in [0.25, 0.3) is 15.9 Å². The fourth-order valence-electron chi connectivity index (χ4n) is 4.37. The van der Waals surface area contributed by atoms with Gasteiger partial charge in [0, 0.05) is 15.5 Å². The van der Waals surface area contributed by atoms with Gasteiger partial charge in [0.25, 0.3) is 11.5 Å². The highest BCUT2D eigenvalue weighted by Gasteiger charge is 2.23. The summed E-state index contributed by atoms with van der Waals surface area (Å²) in [5.74, 6) is 0.426. The fourth-order valence-corrected chi connectivity index (χ4v) is 6.75. The number of halogens is 1. The van der Waals surface area contributed by atoms with E-state index in [9.17, 15) is 9.59 Å². The third-order valence-corrected chi connectivity index (χ3v) is 8.69. The van der Waals surface area contributed by atoms with Crippen molar-refractivity contribution in [2.75, 3.05) is 12.9 Å². The molecule has 0 unspecified atom stereocenters. The Morgan fingerprint density at radius 1 is 1.19 bits per heavy atom. The average Bonchev–Trinajstić information content (AvgIpc) is 3.29. The first-order chi connectivity index (χ1) is 18.0. The maximum atomic E-state index is 13.8. The molecule has 0 saturated carbocycles. The Labute approximate surface area is 227 Å². The number of nitrogens with one attached hydrogen (secondary N) is 1. The minimum absolute atomic E-state index is 0.0402. The number of benzene rings is 2. The van der Waals surface area contributed by atoms with Crippen LogP contribution in [-0.4, -0.2) is 34.0 Å². The van der Waals surface area contributed by atoms with Gasteiger partial charge in [-0.15, -0.1) is 11.3 Å². The first kappa shape index (κ1) is 25.5. The maximum Gasteiger partial charge on any atom is 0.267 e. The van der Waals surface area contributed by atoms with Crippen LogP contribution in [0.1, 0.15) is 35.8 Å². The smallest absolute Gasteiger partial charge is 0.267 e. The molecular formula is C27H25ClN4O3S2. The van der Waals surface area contributed by atoms with Gasteiger partial charge in [-0.05, 0) is 68.5 Å². The van der Waals surface area contributed by atoms with Crippen molar-refractivity contribution < 1.29 is 9.53 Å². The molecule has 190 valence electrons. The van der Waals surface area contributed by atoms with E-state index in [0.717, 1.165) is 41.6 Å². The summed E-state index contributed by atoms with van der Waals surface area (Å²) in [7, 11) is 1.60. The van der Waals surface area contributed by atoms with Gasteiger partial charge in [-0.3, -0.25) is 14.2 Å². The van der Waals surface area contributed by atoms with Gasteiger partial charge in [0.15, 0.2) is 5.16 Å². The van der Waals surface area contributed by atoms with Crippen molar-refractivity contribution in [3.05, 3.63) is 79.9 Å². The maximum absolute atomic E-state index is 13.8. The van der Waals surface area contributed by atoms with Crippen LogP contribution in [0, 0.1) is 0 Å². The van der Waals surface area contributed by atoms with Gasteiger partial charge >= 0.3 is 0 Å². The number of hydrogen-bond acceptors (Lipinski definition) is 7. The molecule has 7 nitrogen and oxygen atoms in total. The van der Waals surface area contributed by atoms with Crippen LogP contribution in [0.5, 0.6) is 5.75 Å². The number of rotatable bonds is 7. The van der Waals surface area contributed by atoms with Gasteiger partial charge in [-0.25, -0.2) is 10.4 Å². The van der Waals surface area contributed by atoms with Crippen LogP contribution in [-0.2, 0) is 17.6 Å². The van der Waals surface area contributed by atoms with Gasteiger partial charge in [0.1, 0.15) is 10.6 Å². The molecule has 0 saturated heterocycles. The monoisotopic (exact) mass is 552 g/mol. The second-order valence-corrected chi connectivity index (χ2v) is 11.1. The van der Waals surface area contributed by atoms with E-state index >= 15 is 0 Å². The Kier molecular flexibility index (Phi) is 7.64. The SMILES string of the molecule is COc1ccc(-n2c(SCC(=O)NN=C(C)c3ccccc3Cl)nc3sc4c(c3c2=O)CCCC4)cc1. The molecule has 2 aromatic carbocycles. The number of aryl methyl sites for hydroxylation is 2. The molecule has 1 aliphatic rings. The molecule has 4 aromatic rings. The molecule has 5 rings (SSSR count). The molecule has 10 heteroatoms. The Morgan fingerprint density at radius 2 is 1.95 bits per heavy atom. The summed E-state index contributed by atoms with van der Waals surface area (Å²) in [6.45, 7) is 1.78. The molecule has 0 bridgehead atoms. The van der Waals surface area contributed by atoms with Crippen LogP contribution < -0.4 is 15.7 Å². The van der Waals surface area contributed by atoms with Crippen molar-refractivity contribution >= 4 is 56.5 Å². The molecule has 1 amide bonds. The molecule has 37 heavy (non-hydrogen) atoms. The number of fused-ring (bicyclic) bond motifs is 3. The van der Waals surface area contributed by atoms with Crippen LogP contribution >= 0.6 is 34.7 Å². The number of hydrogen-bond donors (Lipinski definition) is 1. The number of hydrazone groups is 1. The third kappa shape index (κ3) is 5.30. The van der Waals surface area contributed by atoms with Gasteiger partial charge in [0.2, 0.25) is 0 Å². The highest BCUT2D eigenvalue weighted by atomic mass is 35.5. The molecule has 0 radical (unpaired) electrons. The minimum Gasteiger partial charge on any atom is -0.497 e. The summed E-state index contributed by atoms with van der Waals surface area (Å²) < 4.78 is 6.88. The number of carbonyl (C=O) groups is 1. The number of aromatic nitrogens is 2. The lowest BCUT2D eigenvalue weighted by molar-refractivity contribution is -0.118. The molecule has 1 aliphatic carbocycles. The zero-order valence-corrected chi connectivity index (χ0v) is 22.8. The van der Waals surface area contributed by atoms with Gasteiger partial charge < -0.3 is 4.74 Å².